The first kappa shape index (κ1) is 6.49. The van der Waals surface area contributed by atoms with Crippen LogP contribution in [-0.4, -0.2) is 15.1 Å². The zero-order valence-corrected chi connectivity index (χ0v) is 5.63. The molecule has 3 nitrogen and oxygen atoms in total. The second-order valence-corrected chi connectivity index (χ2v) is 3.82. The van der Waals surface area contributed by atoms with E-state index in [0.717, 1.165) is 0 Å². The van der Waals surface area contributed by atoms with Crippen LogP contribution in [0.3, 0.4) is 0 Å². The predicted molar refractivity (Wildman–Crippen MR) is 29.5 cm³/mol. The van der Waals surface area contributed by atoms with E-state index in [1.54, 1.807) is 0 Å². The van der Waals surface area contributed by atoms with Crippen molar-refractivity contribution in [1.29, 1.82) is 0 Å². The van der Waals surface area contributed by atoms with E-state index in [9.17, 15) is 4.79 Å². The Labute approximate surface area is 44.2 Å². The van der Waals surface area contributed by atoms with Gasteiger partial charge in [-0.3, -0.25) is 0 Å². The minimum atomic E-state index is -1.20. The third kappa shape index (κ3) is 5.49. The molecule has 0 atom stereocenters. The monoisotopic (exact) mass is 119 g/mol. The molecule has 1 amide bonds. The maximum atomic E-state index is 9.84. The van der Waals surface area contributed by atoms with Crippen LogP contribution in [0.4, 0.5) is 4.79 Å². The molecule has 0 aromatic heterocycles. The second-order valence-electron chi connectivity index (χ2n) is 1.49. The zero-order chi connectivity index (χ0) is 5.86. The molecular formula is C3H9NO2Si. The highest BCUT2D eigenvalue weighted by molar-refractivity contribution is 6.50. The molecule has 0 heterocycles. The number of nitrogens with two attached hydrogens (primary N) is 1. The maximum absolute atomic E-state index is 9.84. The Hall–Kier alpha value is -0.513. The number of hydrogen-bond donors (Lipinski definition) is 1. The van der Waals surface area contributed by atoms with Crippen molar-refractivity contribution < 1.29 is 9.22 Å². The van der Waals surface area contributed by atoms with E-state index in [4.69, 9.17) is 0 Å². The summed E-state index contributed by atoms with van der Waals surface area (Å²) in [7, 11) is -1.20. The number of rotatable bonds is 1. The average Bonchev–Trinajstić information content (AvgIpc) is 1.27. The number of primary amides is 1. The molecule has 0 rings (SSSR count). The summed E-state index contributed by atoms with van der Waals surface area (Å²) in [5.41, 5.74) is 4.67. The van der Waals surface area contributed by atoms with Gasteiger partial charge in [0.25, 0.3) is 0 Å². The van der Waals surface area contributed by atoms with Crippen molar-refractivity contribution in [1.82, 2.24) is 0 Å². The van der Waals surface area contributed by atoms with E-state index in [0.29, 0.717) is 0 Å². The summed E-state index contributed by atoms with van der Waals surface area (Å²) in [6.07, 6.45) is -0.651. The van der Waals surface area contributed by atoms with Crippen LogP contribution in [0.25, 0.3) is 0 Å². The molecule has 0 aliphatic carbocycles. The molecular weight excluding hydrogens is 110 g/mol. The molecule has 0 spiro atoms. The molecule has 0 aromatic carbocycles. The van der Waals surface area contributed by atoms with E-state index in [2.05, 4.69) is 10.2 Å². The Kier molecular flexibility index (Phi) is 2.43. The molecule has 0 unspecified atom stereocenters. The minimum absolute atomic E-state index is 0.651. The first-order valence-corrected chi connectivity index (χ1v) is 4.87. The number of carbonyl (C=O) groups is 1. The van der Waals surface area contributed by atoms with Crippen LogP contribution in [0.2, 0.25) is 13.1 Å². The Bertz CT molecular complexity index is 73.3. The van der Waals surface area contributed by atoms with E-state index < -0.39 is 15.1 Å². The van der Waals surface area contributed by atoms with Gasteiger partial charge in [-0.2, -0.15) is 0 Å². The highest BCUT2D eigenvalue weighted by atomic mass is 28.3. The van der Waals surface area contributed by atoms with Crippen molar-refractivity contribution in [2.45, 2.75) is 13.1 Å². The average molecular weight is 119 g/mol. The van der Waals surface area contributed by atoms with Crippen LogP contribution >= 0.6 is 0 Å². The molecule has 0 aliphatic heterocycles. The summed E-state index contributed by atoms with van der Waals surface area (Å²) in [6, 6.07) is 0. The van der Waals surface area contributed by atoms with Gasteiger partial charge in [0.1, 0.15) is 0 Å². The van der Waals surface area contributed by atoms with Crippen LogP contribution in [0.15, 0.2) is 0 Å². The fourth-order valence-electron chi connectivity index (χ4n) is 0.232. The summed E-state index contributed by atoms with van der Waals surface area (Å²) in [5, 5.41) is 0. The molecule has 0 aromatic rings. The van der Waals surface area contributed by atoms with Gasteiger partial charge in [-0.25, -0.2) is 4.79 Å². The van der Waals surface area contributed by atoms with Crippen molar-refractivity contribution in [2.24, 2.45) is 5.73 Å². The standard InChI is InChI=1S/C3H9NO2Si/c1-7(2)6-3(4)5/h7H,1-2H3,(H2,4,5). The van der Waals surface area contributed by atoms with Gasteiger partial charge in [0, 0.05) is 0 Å². The fourth-order valence-corrected chi connectivity index (χ4v) is 0.697. The van der Waals surface area contributed by atoms with Gasteiger partial charge in [-0.15, -0.1) is 0 Å². The van der Waals surface area contributed by atoms with Crippen molar-refractivity contribution in [2.75, 3.05) is 0 Å². The Morgan fingerprint density at radius 1 is 1.71 bits per heavy atom. The minimum Gasteiger partial charge on any atom is -0.507 e. The summed E-state index contributed by atoms with van der Waals surface area (Å²) in [4.78, 5) is 9.84. The highest BCUT2D eigenvalue weighted by Crippen LogP contribution is 1.79. The molecule has 0 bridgehead atoms. The van der Waals surface area contributed by atoms with Gasteiger partial charge in [-0.05, 0) is 13.1 Å². The number of amides is 1. The Morgan fingerprint density at radius 3 is 2.14 bits per heavy atom. The largest absolute Gasteiger partial charge is 0.507 e. The highest BCUT2D eigenvalue weighted by Gasteiger charge is 1.97. The molecule has 0 saturated heterocycles. The zero-order valence-electron chi connectivity index (χ0n) is 4.47. The van der Waals surface area contributed by atoms with Gasteiger partial charge in [0.05, 0.1) is 0 Å². The number of carbonyl (C=O) groups excluding carboxylic acids is 1. The normalized spacial score (nSPS) is 9.00. The lowest BCUT2D eigenvalue weighted by Gasteiger charge is -2.00. The molecule has 42 valence electrons. The Balaban J connectivity index is 3.13. The molecule has 0 aliphatic rings. The van der Waals surface area contributed by atoms with Crippen LogP contribution in [0, 0.1) is 0 Å². The molecule has 0 fully saturated rings. The van der Waals surface area contributed by atoms with Crippen LogP contribution in [0.1, 0.15) is 0 Å². The fraction of sp³-hybridized carbons (Fsp3) is 0.667. The van der Waals surface area contributed by atoms with Crippen molar-refractivity contribution >= 4 is 15.1 Å². The van der Waals surface area contributed by atoms with Gasteiger partial charge >= 0.3 is 6.09 Å². The van der Waals surface area contributed by atoms with E-state index in [1.807, 2.05) is 13.1 Å². The smallest absolute Gasteiger partial charge is 0.390 e. The van der Waals surface area contributed by atoms with Crippen molar-refractivity contribution in [3.8, 4) is 0 Å². The van der Waals surface area contributed by atoms with E-state index in [1.165, 1.54) is 0 Å². The van der Waals surface area contributed by atoms with Crippen LogP contribution in [-0.2, 0) is 4.43 Å². The first-order chi connectivity index (χ1) is 3.13. The topological polar surface area (TPSA) is 52.3 Å². The van der Waals surface area contributed by atoms with Gasteiger partial charge in [0.2, 0.25) is 9.04 Å². The molecule has 4 heteroatoms. The summed E-state index contributed by atoms with van der Waals surface area (Å²) in [6.45, 7) is 3.76. The summed E-state index contributed by atoms with van der Waals surface area (Å²) < 4.78 is 4.53. The lowest BCUT2D eigenvalue weighted by Crippen LogP contribution is -2.20. The van der Waals surface area contributed by atoms with Crippen LogP contribution in [0.5, 0.6) is 0 Å². The lowest BCUT2D eigenvalue weighted by atomic mass is 11.3. The summed E-state index contributed by atoms with van der Waals surface area (Å²) in [5.74, 6) is 0. The molecule has 2 N–H and O–H groups in total. The molecule has 0 saturated carbocycles. The Morgan fingerprint density at radius 2 is 2.14 bits per heavy atom. The molecule has 7 heavy (non-hydrogen) atoms. The quantitative estimate of drug-likeness (QED) is 0.496. The summed E-state index contributed by atoms with van der Waals surface area (Å²) >= 11 is 0. The SMILES string of the molecule is C[SiH](C)OC(N)=O. The van der Waals surface area contributed by atoms with Crippen molar-refractivity contribution in [3.05, 3.63) is 0 Å². The third-order valence-electron chi connectivity index (χ3n) is 0.352. The molecule has 0 radical (unpaired) electrons. The predicted octanol–water partition coefficient (Wildman–Crippen LogP) is 0.0651. The first-order valence-electron chi connectivity index (χ1n) is 2.09. The van der Waals surface area contributed by atoms with E-state index in [-0.39, 0.29) is 0 Å². The lowest BCUT2D eigenvalue weighted by molar-refractivity contribution is 0.211. The van der Waals surface area contributed by atoms with Gasteiger partial charge in [0.15, 0.2) is 0 Å². The van der Waals surface area contributed by atoms with E-state index >= 15 is 0 Å². The second kappa shape index (κ2) is 2.63. The number of hydrogen-bond acceptors (Lipinski definition) is 2. The van der Waals surface area contributed by atoms with Crippen molar-refractivity contribution in [3.63, 3.8) is 0 Å². The van der Waals surface area contributed by atoms with Gasteiger partial charge in [-0.1, -0.05) is 0 Å². The van der Waals surface area contributed by atoms with Crippen LogP contribution < -0.4 is 5.73 Å². The third-order valence-corrected chi connectivity index (χ3v) is 1.06. The maximum Gasteiger partial charge on any atom is 0.390 e. The van der Waals surface area contributed by atoms with Gasteiger partial charge < -0.3 is 10.2 Å².